The van der Waals surface area contributed by atoms with Gasteiger partial charge >= 0.3 is 6.03 Å². The molecule has 0 bridgehead atoms. The summed E-state index contributed by atoms with van der Waals surface area (Å²) in [5.41, 5.74) is 1.09. The molecule has 1 aromatic rings. The summed E-state index contributed by atoms with van der Waals surface area (Å²) in [7, 11) is 1.69. The minimum Gasteiger partial charge on any atom is -0.495 e. The highest BCUT2D eigenvalue weighted by molar-refractivity contribution is 5.75. The molecule has 2 aliphatic rings. The van der Waals surface area contributed by atoms with E-state index < -0.39 is 0 Å². The number of urea groups is 1. The average molecular weight is 361 g/mol. The van der Waals surface area contributed by atoms with Crippen molar-refractivity contribution in [2.75, 3.05) is 44.8 Å². The number of methoxy groups -OCH3 is 1. The minimum absolute atomic E-state index is 0.0347. The van der Waals surface area contributed by atoms with E-state index in [-0.39, 0.29) is 18.2 Å². The zero-order chi connectivity index (χ0) is 18.5. The molecule has 2 heterocycles. The van der Waals surface area contributed by atoms with E-state index in [1.165, 1.54) is 0 Å². The van der Waals surface area contributed by atoms with Gasteiger partial charge in [-0.05, 0) is 30.9 Å². The van der Waals surface area contributed by atoms with Gasteiger partial charge in [-0.2, -0.15) is 0 Å². The van der Waals surface area contributed by atoms with Gasteiger partial charge in [-0.3, -0.25) is 0 Å². The lowest BCUT2D eigenvalue weighted by molar-refractivity contribution is 0.0435. The first-order valence-electron chi connectivity index (χ1n) is 9.61. The fraction of sp³-hybridized carbons (Fsp3) is 0.650. The molecule has 0 radical (unpaired) electrons. The molecule has 6 heteroatoms. The Kier molecular flexibility index (Phi) is 6.25. The molecule has 0 spiro atoms. The highest BCUT2D eigenvalue weighted by Crippen LogP contribution is 2.30. The molecule has 0 aliphatic carbocycles. The summed E-state index contributed by atoms with van der Waals surface area (Å²) < 4.78 is 11.3. The Hall–Kier alpha value is -1.95. The van der Waals surface area contributed by atoms with E-state index in [4.69, 9.17) is 9.47 Å². The third-order valence-corrected chi connectivity index (χ3v) is 5.04. The van der Waals surface area contributed by atoms with Crippen molar-refractivity contribution in [2.24, 2.45) is 5.92 Å². The summed E-state index contributed by atoms with van der Waals surface area (Å²) >= 11 is 0. The molecule has 144 valence electrons. The molecule has 1 N–H and O–H groups in total. The largest absolute Gasteiger partial charge is 0.495 e. The number of hydrogen-bond acceptors (Lipinski definition) is 4. The van der Waals surface area contributed by atoms with Gasteiger partial charge in [0.2, 0.25) is 0 Å². The number of amides is 2. The first kappa shape index (κ1) is 18.8. The number of para-hydroxylation sites is 2. The van der Waals surface area contributed by atoms with Gasteiger partial charge in [-0.1, -0.05) is 26.0 Å². The summed E-state index contributed by atoms with van der Waals surface area (Å²) in [6, 6.07) is 8.24. The van der Waals surface area contributed by atoms with E-state index >= 15 is 0 Å². The number of carbonyl (C=O) groups is 1. The van der Waals surface area contributed by atoms with Crippen molar-refractivity contribution < 1.29 is 14.3 Å². The second-order valence-electron chi connectivity index (χ2n) is 7.64. The number of likely N-dealkylation sites (tertiary alicyclic amines) is 1. The second-order valence-corrected chi connectivity index (χ2v) is 7.64. The van der Waals surface area contributed by atoms with E-state index in [0.717, 1.165) is 50.5 Å². The van der Waals surface area contributed by atoms with Gasteiger partial charge in [-0.25, -0.2) is 4.79 Å². The molecular weight excluding hydrogens is 330 g/mol. The maximum Gasteiger partial charge on any atom is 0.317 e. The number of nitrogens with one attached hydrogen (secondary N) is 1. The van der Waals surface area contributed by atoms with Crippen molar-refractivity contribution in [1.29, 1.82) is 0 Å². The van der Waals surface area contributed by atoms with Gasteiger partial charge < -0.3 is 24.6 Å². The average Bonchev–Trinajstić information content (AvgIpc) is 3.29. The van der Waals surface area contributed by atoms with Crippen molar-refractivity contribution in [3.63, 3.8) is 0 Å². The van der Waals surface area contributed by atoms with Crippen LogP contribution in [0.3, 0.4) is 0 Å². The first-order valence-corrected chi connectivity index (χ1v) is 9.61. The van der Waals surface area contributed by atoms with Crippen molar-refractivity contribution in [2.45, 2.75) is 38.8 Å². The Morgan fingerprint density at radius 2 is 2.04 bits per heavy atom. The lowest BCUT2D eigenvalue weighted by atomic mass is 10.2. The lowest BCUT2D eigenvalue weighted by Gasteiger charge is -2.23. The highest BCUT2D eigenvalue weighted by Gasteiger charge is 2.31. The number of ether oxygens (including phenoxy) is 2. The number of nitrogens with zero attached hydrogens (tertiary/aromatic N) is 2. The molecule has 2 unspecified atom stereocenters. The Balaban J connectivity index is 1.47. The highest BCUT2D eigenvalue weighted by atomic mass is 16.5. The fourth-order valence-electron chi connectivity index (χ4n) is 3.63. The maximum atomic E-state index is 12.6. The van der Waals surface area contributed by atoms with Gasteiger partial charge in [0.05, 0.1) is 18.9 Å². The molecule has 2 atom stereocenters. The number of hydrogen-bond donors (Lipinski definition) is 1. The molecule has 3 rings (SSSR count). The van der Waals surface area contributed by atoms with Crippen LogP contribution in [-0.2, 0) is 4.74 Å². The van der Waals surface area contributed by atoms with Crippen molar-refractivity contribution in [3.8, 4) is 5.75 Å². The van der Waals surface area contributed by atoms with E-state index in [0.29, 0.717) is 12.5 Å². The van der Waals surface area contributed by atoms with Crippen LogP contribution in [0.1, 0.15) is 26.7 Å². The predicted molar refractivity (Wildman–Crippen MR) is 103 cm³/mol. The van der Waals surface area contributed by atoms with Crippen LogP contribution in [-0.4, -0.2) is 63.0 Å². The van der Waals surface area contributed by atoms with Crippen LogP contribution < -0.4 is 15.0 Å². The molecule has 6 nitrogen and oxygen atoms in total. The normalized spacial score (nSPS) is 22.9. The van der Waals surface area contributed by atoms with Crippen molar-refractivity contribution in [3.05, 3.63) is 24.3 Å². The van der Waals surface area contributed by atoms with Gasteiger partial charge in [0.25, 0.3) is 0 Å². The predicted octanol–water partition coefficient (Wildman–Crippen LogP) is 2.73. The standard InChI is InChI=1S/C20H31N3O3/c1-15(2)14-26-17-9-11-23(13-17)20(24)21-16-8-10-22(12-16)18-6-4-5-7-19(18)25-3/h4-7,15-17H,8-14H2,1-3H3,(H,21,24). The summed E-state index contributed by atoms with van der Waals surface area (Å²) in [4.78, 5) is 16.7. The topological polar surface area (TPSA) is 54.0 Å². The monoisotopic (exact) mass is 361 g/mol. The molecule has 2 fully saturated rings. The van der Waals surface area contributed by atoms with Crippen molar-refractivity contribution >= 4 is 11.7 Å². The van der Waals surface area contributed by atoms with Crippen LogP contribution in [0.25, 0.3) is 0 Å². The smallest absolute Gasteiger partial charge is 0.317 e. The zero-order valence-electron chi connectivity index (χ0n) is 16.1. The Morgan fingerprint density at radius 1 is 1.23 bits per heavy atom. The SMILES string of the molecule is COc1ccccc1N1CCC(NC(=O)N2CCC(OCC(C)C)C2)C1. The van der Waals surface area contributed by atoms with Crippen LogP contribution in [0.4, 0.5) is 10.5 Å². The third-order valence-electron chi connectivity index (χ3n) is 5.04. The first-order chi connectivity index (χ1) is 12.6. The van der Waals surface area contributed by atoms with Crippen LogP contribution >= 0.6 is 0 Å². The molecule has 2 aliphatic heterocycles. The van der Waals surface area contributed by atoms with Gasteiger partial charge in [0.1, 0.15) is 5.75 Å². The van der Waals surface area contributed by atoms with E-state index in [9.17, 15) is 4.79 Å². The summed E-state index contributed by atoms with van der Waals surface area (Å²) in [6.45, 7) is 8.26. The number of carbonyl (C=O) groups excluding carboxylic acids is 1. The van der Waals surface area contributed by atoms with Crippen LogP contribution in [0.15, 0.2) is 24.3 Å². The Labute approximate surface area is 156 Å². The molecule has 2 amide bonds. The van der Waals surface area contributed by atoms with Gasteiger partial charge in [-0.15, -0.1) is 0 Å². The van der Waals surface area contributed by atoms with E-state index in [1.807, 2.05) is 23.1 Å². The Bertz CT molecular complexity index is 608. The maximum absolute atomic E-state index is 12.6. The van der Waals surface area contributed by atoms with Crippen molar-refractivity contribution in [1.82, 2.24) is 10.2 Å². The fourth-order valence-corrected chi connectivity index (χ4v) is 3.63. The van der Waals surface area contributed by atoms with Gasteiger partial charge in [0.15, 0.2) is 0 Å². The van der Waals surface area contributed by atoms with Crippen LogP contribution in [0.2, 0.25) is 0 Å². The summed E-state index contributed by atoms with van der Waals surface area (Å²) in [5.74, 6) is 1.40. The van der Waals surface area contributed by atoms with Crippen LogP contribution in [0.5, 0.6) is 5.75 Å². The third kappa shape index (κ3) is 4.61. The van der Waals surface area contributed by atoms with Crippen LogP contribution in [0, 0.1) is 5.92 Å². The van der Waals surface area contributed by atoms with E-state index in [2.05, 4.69) is 30.1 Å². The molecule has 1 aromatic carbocycles. The summed E-state index contributed by atoms with van der Waals surface area (Å²) in [5, 5.41) is 3.19. The molecule has 2 saturated heterocycles. The van der Waals surface area contributed by atoms with Gasteiger partial charge in [0, 0.05) is 38.8 Å². The Morgan fingerprint density at radius 3 is 2.81 bits per heavy atom. The molecular formula is C20H31N3O3. The van der Waals surface area contributed by atoms with E-state index in [1.54, 1.807) is 7.11 Å². The second kappa shape index (κ2) is 8.62. The number of rotatable bonds is 6. The minimum atomic E-state index is 0.0347. The lowest BCUT2D eigenvalue weighted by Crippen LogP contribution is -2.45. The molecule has 0 aromatic heterocycles. The molecule has 26 heavy (non-hydrogen) atoms. The quantitative estimate of drug-likeness (QED) is 0.846. The number of anilines is 1. The summed E-state index contributed by atoms with van der Waals surface area (Å²) in [6.07, 6.45) is 2.06. The number of benzene rings is 1. The zero-order valence-corrected chi connectivity index (χ0v) is 16.1. The molecule has 0 saturated carbocycles.